The van der Waals surface area contributed by atoms with Gasteiger partial charge in [0.1, 0.15) is 12.4 Å². The minimum Gasteiger partial charge on any atom is -0.488 e. The van der Waals surface area contributed by atoms with Gasteiger partial charge in [0.15, 0.2) is 0 Å². The van der Waals surface area contributed by atoms with Crippen molar-refractivity contribution >= 4 is 34.0 Å². The molecule has 0 aromatic heterocycles. The van der Waals surface area contributed by atoms with Gasteiger partial charge in [0, 0.05) is 34.3 Å². The van der Waals surface area contributed by atoms with Crippen LogP contribution in [0.25, 0.3) is 10.8 Å². The van der Waals surface area contributed by atoms with Crippen LogP contribution in [-0.2, 0) is 13.2 Å². The zero-order valence-corrected chi connectivity index (χ0v) is 16.0. The molecule has 0 fully saturated rings. The molecule has 1 atom stereocenters. The summed E-state index contributed by atoms with van der Waals surface area (Å²) in [6.07, 6.45) is -0.401. The first kappa shape index (κ1) is 19.0. The number of hydrogen-bond acceptors (Lipinski definition) is 3. The number of aliphatic hydroxyl groups excluding tert-OH is 1. The first-order valence-corrected chi connectivity index (χ1v) is 9.26. The Bertz CT molecular complexity index is 896. The van der Waals surface area contributed by atoms with Gasteiger partial charge in [-0.3, -0.25) is 0 Å². The Kier molecular flexibility index (Phi) is 6.38. The van der Waals surface area contributed by atoms with Crippen LogP contribution in [-0.4, -0.2) is 17.8 Å². The molecule has 26 heavy (non-hydrogen) atoms. The molecule has 5 heteroatoms. The van der Waals surface area contributed by atoms with Gasteiger partial charge >= 0.3 is 0 Å². The molecule has 0 spiro atoms. The van der Waals surface area contributed by atoms with Gasteiger partial charge in [-0.05, 0) is 35.9 Å². The SMILES string of the molecule is CC(O)CNCc1c(OCc2ccc(Cl)cc2Cl)ccc2ccccc12. The van der Waals surface area contributed by atoms with Gasteiger partial charge in [0.2, 0.25) is 0 Å². The second-order valence-electron chi connectivity index (χ2n) is 6.27. The number of rotatable bonds is 7. The van der Waals surface area contributed by atoms with E-state index in [-0.39, 0.29) is 0 Å². The molecule has 0 saturated heterocycles. The average Bonchev–Trinajstić information content (AvgIpc) is 2.61. The molecule has 0 saturated carbocycles. The number of fused-ring (bicyclic) bond motifs is 1. The van der Waals surface area contributed by atoms with Crippen molar-refractivity contribution < 1.29 is 9.84 Å². The fourth-order valence-corrected chi connectivity index (χ4v) is 3.30. The summed E-state index contributed by atoms with van der Waals surface area (Å²) in [6.45, 7) is 3.25. The molecule has 2 N–H and O–H groups in total. The monoisotopic (exact) mass is 389 g/mol. The van der Waals surface area contributed by atoms with E-state index in [9.17, 15) is 5.11 Å². The lowest BCUT2D eigenvalue weighted by atomic mass is 10.0. The second kappa shape index (κ2) is 8.74. The van der Waals surface area contributed by atoms with Crippen molar-refractivity contribution in [2.24, 2.45) is 0 Å². The van der Waals surface area contributed by atoms with Crippen molar-refractivity contribution in [3.63, 3.8) is 0 Å². The van der Waals surface area contributed by atoms with Crippen molar-refractivity contribution in [3.05, 3.63) is 75.8 Å². The fourth-order valence-electron chi connectivity index (χ4n) is 2.83. The molecule has 3 rings (SSSR count). The van der Waals surface area contributed by atoms with E-state index < -0.39 is 6.10 Å². The van der Waals surface area contributed by atoms with E-state index in [1.165, 1.54) is 0 Å². The van der Waals surface area contributed by atoms with E-state index in [2.05, 4.69) is 17.4 Å². The molecule has 3 aromatic carbocycles. The Balaban J connectivity index is 1.86. The Hall–Kier alpha value is -1.78. The van der Waals surface area contributed by atoms with E-state index >= 15 is 0 Å². The molecule has 0 amide bonds. The topological polar surface area (TPSA) is 41.5 Å². The van der Waals surface area contributed by atoms with Crippen LogP contribution in [0.15, 0.2) is 54.6 Å². The van der Waals surface area contributed by atoms with Crippen molar-refractivity contribution in [3.8, 4) is 5.75 Å². The minimum atomic E-state index is -0.401. The Morgan fingerprint density at radius 3 is 2.65 bits per heavy atom. The molecule has 0 aliphatic carbocycles. The summed E-state index contributed by atoms with van der Waals surface area (Å²) in [5.74, 6) is 0.799. The maximum absolute atomic E-state index is 9.50. The molecule has 3 aromatic rings. The van der Waals surface area contributed by atoms with Gasteiger partial charge in [0.25, 0.3) is 0 Å². The summed E-state index contributed by atoms with van der Waals surface area (Å²) in [5, 5.41) is 16.3. The van der Waals surface area contributed by atoms with Gasteiger partial charge in [-0.25, -0.2) is 0 Å². The van der Waals surface area contributed by atoms with Crippen molar-refractivity contribution in [1.82, 2.24) is 5.32 Å². The molecule has 3 nitrogen and oxygen atoms in total. The van der Waals surface area contributed by atoms with Crippen LogP contribution in [0.5, 0.6) is 5.75 Å². The van der Waals surface area contributed by atoms with E-state index in [1.807, 2.05) is 30.3 Å². The fraction of sp³-hybridized carbons (Fsp3) is 0.238. The number of benzene rings is 3. The smallest absolute Gasteiger partial charge is 0.124 e. The predicted molar refractivity (Wildman–Crippen MR) is 108 cm³/mol. The summed E-state index contributed by atoms with van der Waals surface area (Å²) in [6, 6.07) is 17.6. The molecule has 136 valence electrons. The number of hydrogen-bond donors (Lipinski definition) is 2. The third-order valence-electron chi connectivity index (χ3n) is 4.14. The van der Waals surface area contributed by atoms with Gasteiger partial charge in [-0.2, -0.15) is 0 Å². The van der Waals surface area contributed by atoms with Crippen molar-refractivity contribution in [2.75, 3.05) is 6.54 Å². The first-order chi connectivity index (χ1) is 12.5. The molecule has 0 bridgehead atoms. The number of nitrogens with one attached hydrogen (secondary N) is 1. The number of ether oxygens (including phenoxy) is 1. The second-order valence-corrected chi connectivity index (χ2v) is 7.11. The van der Waals surface area contributed by atoms with Crippen LogP contribution >= 0.6 is 23.2 Å². The average molecular weight is 390 g/mol. The van der Waals surface area contributed by atoms with Crippen LogP contribution in [0.2, 0.25) is 10.0 Å². The van der Waals surface area contributed by atoms with Gasteiger partial charge in [-0.15, -0.1) is 0 Å². The highest BCUT2D eigenvalue weighted by molar-refractivity contribution is 6.35. The van der Waals surface area contributed by atoms with E-state index in [1.54, 1.807) is 19.1 Å². The van der Waals surface area contributed by atoms with E-state index in [0.29, 0.717) is 29.7 Å². The highest BCUT2D eigenvalue weighted by Crippen LogP contribution is 2.30. The summed E-state index contributed by atoms with van der Waals surface area (Å²) in [4.78, 5) is 0. The summed E-state index contributed by atoms with van der Waals surface area (Å²) >= 11 is 12.2. The maximum atomic E-state index is 9.50. The Morgan fingerprint density at radius 2 is 1.88 bits per heavy atom. The standard InChI is InChI=1S/C21H21Cl2NO2/c1-14(25)11-24-12-19-18-5-3-2-4-15(18)7-9-21(19)26-13-16-6-8-17(22)10-20(16)23/h2-10,14,24-25H,11-13H2,1H3. The quantitative estimate of drug-likeness (QED) is 0.583. The van der Waals surface area contributed by atoms with Gasteiger partial charge in [-0.1, -0.05) is 59.6 Å². The van der Waals surface area contributed by atoms with E-state index in [4.69, 9.17) is 27.9 Å². The number of aliphatic hydroxyl groups is 1. The van der Waals surface area contributed by atoms with Crippen LogP contribution in [0.3, 0.4) is 0 Å². The summed E-state index contributed by atoms with van der Waals surface area (Å²) in [7, 11) is 0. The normalized spacial score (nSPS) is 12.3. The molecular weight excluding hydrogens is 369 g/mol. The minimum absolute atomic E-state index is 0.359. The first-order valence-electron chi connectivity index (χ1n) is 8.50. The van der Waals surface area contributed by atoms with Crippen LogP contribution in [0, 0.1) is 0 Å². The van der Waals surface area contributed by atoms with Gasteiger partial charge < -0.3 is 15.2 Å². The third kappa shape index (κ3) is 4.68. The molecule has 0 heterocycles. The molecule has 0 radical (unpaired) electrons. The Morgan fingerprint density at radius 1 is 1.08 bits per heavy atom. The third-order valence-corrected chi connectivity index (χ3v) is 4.72. The zero-order chi connectivity index (χ0) is 18.5. The lowest BCUT2D eigenvalue weighted by Crippen LogP contribution is -2.24. The van der Waals surface area contributed by atoms with Crippen molar-refractivity contribution in [1.29, 1.82) is 0 Å². The molecular formula is C21H21Cl2NO2. The maximum Gasteiger partial charge on any atom is 0.124 e. The largest absolute Gasteiger partial charge is 0.488 e. The molecule has 0 aliphatic heterocycles. The Labute approximate surface area is 163 Å². The van der Waals surface area contributed by atoms with Crippen LogP contribution in [0.4, 0.5) is 0 Å². The zero-order valence-electron chi connectivity index (χ0n) is 14.5. The molecule has 1 unspecified atom stereocenters. The van der Waals surface area contributed by atoms with Crippen LogP contribution in [0.1, 0.15) is 18.1 Å². The molecule has 0 aliphatic rings. The van der Waals surface area contributed by atoms with Gasteiger partial charge in [0.05, 0.1) is 6.10 Å². The summed E-state index contributed by atoms with van der Waals surface area (Å²) in [5.41, 5.74) is 1.95. The predicted octanol–water partition coefficient (Wildman–Crippen LogP) is 5.20. The van der Waals surface area contributed by atoms with Crippen LogP contribution < -0.4 is 10.1 Å². The summed E-state index contributed by atoms with van der Waals surface area (Å²) < 4.78 is 6.08. The van der Waals surface area contributed by atoms with Crippen molar-refractivity contribution in [2.45, 2.75) is 26.2 Å². The highest BCUT2D eigenvalue weighted by atomic mass is 35.5. The highest BCUT2D eigenvalue weighted by Gasteiger charge is 2.10. The van der Waals surface area contributed by atoms with E-state index in [0.717, 1.165) is 27.6 Å². The lowest BCUT2D eigenvalue weighted by Gasteiger charge is -2.16. The number of halogens is 2. The lowest BCUT2D eigenvalue weighted by molar-refractivity contribution is 0.190.